The molecule has 1 aromatic carbocycles. The van der Waals surface area contributed by atoms with Crippen molar-refractivity contribution in [2.24, 2.45) is 5.92 Å². The summed E-state index contributed by atoms with van der Waals surface area (Å²) >= 11 is 0. The Hall–Kier alpha value is -1.76. The van der Waals surface area contributed by atoms with Crippen LogP contribution in [0.25, 0.3) is 0 Å². The second kappa shape index (κ2) is 4.62. The first-order valence-corrected chi connectivity index (χ1v) is 5.05. The maximum absolute atomic E-state index is 13.4. The molecule has 0 saturated carbocycles. The minimum absolute atomic E-state index is 0.265. The van der Waals surface area contributed by atoms with Gasteiger partial charge in [0.05, 0.1) is 17.6 Å². The quantitative estimate of drug-likeness (QED) is 0.643. The van der Waals surface area contributed by atoms with Crippen molar-refractivity contribution in [2.75, 3.05) is 19.7 Å². The lowest BCUT2D eigenvalue weighted by Gasteiger charge is -2.26. The van der Waals surface area contributed by atoms with E-state index in [1.165, 1.54) is 0 Å². The lowest BCUT2D eigenvalue weighted by Crippen LogP contribution is -2.45. The number of nitro benzene ring substituents is 1. The average Bonchev–Trinajstić information content (AvgIpc) is 2.19. The number of benzene rings is 1. The van der Waals surface area contributed by atoms with Crippen molar-refractivity contribution in [3.05, 3.63) is 33.9 Å². The van der Waals surface area contributed by atoms with Crippen molar-refractivity contribution >= 4 is 5.69 Å². The molecule has 0 atom stereocenters. The SMILES string of the molecule is O=[N+]([O-])c1cc(F)c(OCC2CNC2)cc1F. The van der Waals surface area contributed by atoms with Crippen LogP contribution in [0, 0.1) is 27.7 Å². The molecule has 7 heteroatoms. The van der Waals surface area contributed by atoms with Crippen LogP contribution in [0.5, 0.6) is 5.75 Å². The van der Waals surface area contributed by atoms with Gasteiger partial charge in [-0.2, -0.15) is 4.39 Å². The summed E-state index contributed by atoms with van der Waals surface area (Å²) in [7, 11) is 0. The van der Waals surface area contributed by atoms with Gasteiger partial charge in [0.15, 0.2) is 11.6 Å². The number of halogens is 2. The number of nitrogens with zero attached hydrogens (tertiary/aromatic N) is 1. The van der Waals surface area contributed by atoms with Gasteiger partial charge in [0.25, 0.3) is 0 Å². The van der Waals surface area contributed by atoms with Gasteiger partial charge in [0, 0.05) is 25.1 Å². The van der Waals surface area contributed by atoms with Gasteiger partial charge in [0.1, 0.15) is 0 Å². The summed E-state index contributed by atoms with van der Waals surface area (Å²) < 4.78 is 31.6. The van der Waals surface area contributed by atoms with Crippen molar-refractivity contribution in [3.63, 3.8) is 0 Å². The summed E-state index contributed by atoms with van der Waals surface area (Å²) in [5.41, 5.74) is -0.889. The standard InChI is InChI=1S/C10H10F2N2O3/c11-7-2-10(17-5-6-3-13-4-6)8(12)1-9(7)14(15)16/h1-2,6,13H,3-5H2. The Morgan fingerprint density at radius 3 is 2.65 bits per heavy atom. The predicted octanol–water partition coefficient (Wildman–Crippen LogP) is 1.47. The third-order valence-corrected chi connectivity index (χ3v) is 2.54. The van der Waals surface area contributed by atoms with Gasteiger partial charge in [-0.05, 0) is 0 Å². The first-order valence-electron chi connectivity index (χ1n) is 5.05. The van der Waals surface area contributed by atoms with E-state index in [1.54, 1.807) is 0 Å². The molecule has 2 rings (SSSR count). The van der Waals surface area contributed by atoms with Crippen LogP contribution in [-0.4, -0.2) is 24.6 Å². The molecule has 5 nitrogen and oxygen atoms in total. The van der Waals surface area contributed by atoms with Crippen LogP contribution in [0.2, 0.25) is 0 Å². The van der Waals surface area contributed by atoms with Crippen LogP contribution >= 0.6 is 0 Å². The molecule has 0 radical (unpaired) electrons. The Balaban J connectivity index is 2.11. The van der Waals surface area contributed by atoms with Crippen molar-refractivity contribution < 1.29 is 18.4 Å². The Bertz CT molecular complexity index is 449. The monoisotopic (exact) mass is 244 g/mol. The van der Waals surface area contributed by atoms with Crippen molar-refractivity contribution in [1.82, 2.24) is 5.32 Å². The predicted molar refractivity (Wildman–Crippen MR) is 54.9 cm³/mol. The van der Waals surface area contributed by atoms with Crippen molar-refractivity contribution in [1.29, 1.82) is 0 Å². The molecule has 1 aliphatic rings. The lowest BCUT2D eigenvalue weighted by molar-refractivity contribution is -0.387. The molecule has 1 saturated heterocycles. The Labute approximate surface area is 95.5 Å². The minimum atomic E-state index is -1.10. The topological polar surface area (TPSA) is 64.4 Å². The Morgan fingerprint density at radius 1 is 1.41 bits per heavy atom. The minimum Gasteiger partial charge on any atom is -0.490 e. The summed E-state index contributed by atoms with van der Waals surface area (Å²) in [6.45, 7) is 1.81. The third-order valence-electron chi connectivity index (χ3n) is 2.54. The molecule has 0 amide bonds. The molecule has 1 aliphatic heterocycles. The summed E-state index contributed by atoms with van der Waals surface area (Å²) in [6.07, 6.45) is 0. The fourth-order valence-corrected chi connectivity index (χ4v) is 1.44. The normalized spacial score (nSPS) is 15.4. The Morgan fingerprint density at radius 2 is 2.12 bits per heavy atom. The molecule has 0 spiro atoms. The zero-order chi connectivity index (χ0) is 12.4. The van der Waals surface area contributed by atoms with Crippen LogP contribution in [-0.2, 0) is 0 Å². The zero-order valence-corrected chi connectivity index (χ0v) is 8.78. The van der Waals surface area contributed by atoms with Gasteiger partial charge in [-0.25, -0.2) is 4.39 Å². The van der Waals surface area contributed by atoms with Crippen LogP contribution < -0.4 is 10.1 Å². The molecule has 1 N–H and O–H groups in total. The van der Waals surface area contributed by atoms with Gasteiger partial charge in [-0.3, -0.25) is 10.1 Å². The fraction of sp³-hybridized carbons (Fsp3) is 0.400. The molecule has 1 heterocycles. The maximum atomic E-state index is 13.4. The van der Waals surface area contributed by atoms with Crippen LogP contribution in [0.3, 0.4) is 0 Å². The van der Waals surface area contributed by atoms with E-state index in [-0.39, 0.29) is 18.3 Å². The van der Waals surface area contributed by atoms with Crippen molar-refractivity contribution in [2.45, 2.75) is 0 Å². The number of ether oxygens (including phenoxy) is 1. The van der Waals surface area contributed by atoms with Gasteiger partial charge >= 0.3 is 5.69 Å². The first kappa shape index (κ1) is 11.7. The molecule has 1 fully saturated rings. The average molecular weight is 244 g/mol. The van der Waals surface area contributed by atoms with E-state index in [9.17, 15) is 18.9 Å². The highest BCUT2D eigenvalue weighted by Gasteiger charge is 2.21. The van der Waals surface area contributed by atoms with E-state index < -0.39 is 22.2 Å². The van der Waals surface area contributed by atoms with E-state index in [0.29, 0.717) is 12.1 Å². The first-order chi connectivity index (χ1) is 8.08. The highest BCUT2D eigenvalue weighted by molar-refractivity contribution is 5.39. The van der Waals surface area contributed by atoms with E-state index in [2.05, 4.69) is 5.32 Å². The van der Waals surface area contributed by atoms with E-state index in [4.69, 9.17) is 4.74 Å². The summed E-state index contributed by atoms with van der Waals surface area (Å²) in [5.74, 6) is -2.05. The number of nitrogens with one attached hydrogen (secondary N) is 1. The second-order valence-electron chi connectivity index (χ2n) is 3.83. The van der Waals surface area contributed by atoms with E-state index >= 15 is 0 Å². The summed E-state index contributed by atoms with van der Waals surface area (Å²) in [6, 6.07) is 1.24. The number of nitro groups is 1. The molecule has 0 aromatic heterocycles. The molecule has 0 unspecified atom stereocenters. The fourth-order valence-electron chi connectivity index (χ4n) is 1.44. The molecular weight excluding hydrogens is 234 g/mol. The second-order valence-corrected chi connectivity index (χ2v) is 3.83. The maximum Gasteiger partial charge on any atom is 0.307 e. The molecule has 1 aromatic rings. The van der Waals surface area contributed by atoms with Gasteiger partial charge in [-0.1, -0.05) is 0 Å². The van der Waals surface area contributed by atoms with Crippen LogP contribution in [0.4, 0.5) is 14.5 Å². The van der Waals surface area contributed by atoms with E-state index in [0.717, 1.165) is 13.1 Å². The number of rotatable bonds is 4. The van der Waals surface area contributed by atoms with Crippen LogP contribution in [0.1, 0.15) is 0 Å². The van der Waals surface area contributed by atoms with Gasteiger partial charge < -0.3 is 10.1 Å². The Kier molecular flexibility index (Phi) is 3.19. The highest BCUT2D eigenvalue weighted by Crippen LogP contribution is 2.26. The summed E-state index contributed by atoms with van der Waals surface area (Å²) in [4.78, 5) is 9.38. The molecular formula is C10H10F2N2O3. The largest absolute Gasteiger partial charge is 0.490 e. The molecule has 92 valence electrons. The summed E-state index contributed by atoms with van der Waals surface area (Å²) in [5, 5.41) is 13.4. The van der Waals surface area contributed by atoms with Gasteiger partial charge in [0.2, 0.25) is 5.82 Å². The van der Waals surface area contributed by atoms with Crippen LogP contribution in [0.15, 0.2) is 12.1 Å². The van der Waals surface area contributed by atoms with Crippen molar-refractivity contribution in [3.8, 4) is 5.75 Å². The van der Waals surface area contributed by atoms with Gasteiger partial charge in [-0.15, -0.1) is 0 Å². The van der Waals surface area contributed by atoms with E-state index in [1.807, 2.05) is 0 Å². The zero-order valence-electron chi connectivity index (χ0n) is 8.78. The lowest BCUT2D eigenvalue weighted by atomic mass is 10.1. The number of hydrogen-bond donors (Lipinski definition) is 1. The molecule has 0 bridgehead atoms. The molecule has 0 aliphatic carbocycles. The highest BCUT2D eigenvalue weighted by atomic mass is 19.1. The third kappa shape index (κ3) is 2.50. The molecule has 17 heavy (non-hydrogen) atoms. The number of hydrogen-bond acceptors (Lipinski definition) is 4. The smallest absolute Gasteiger partial charge is 0.307 e.